The van der Waals surface area contributed by atoms with E-state index >= 15 is 0 Å². The predicted octanol–water partition coefficient (Wildman–Crippen LogP) is 7.07. The van der Waals surface area contributed by atoms with Crippen molar-refractivity contribution < 1.29 is 5.11 Å². The molecule has 0 unspecified atom stereocenters. The highest BCUT2D eigenvalue weighted by Gasteiger charge is 2.20. The second-order valence-electron chi connectivity index (χ2n) is 7.30. The van der Waals surface area contributed by atoms with Crippen LogP contribution in [0.5, 0.6) is 5.75 Å². The fourth-order valence-electron chi connectivity index (χ4n) is 3.73. The fourth-order valence-corrected chi connectivity index (χ4v) is 3.73. The third kappa shape index (κ3) is 5.53. The number of phenolic OH excluding ortho intramolecular Hbond substituents is 1. The van der Waals surface area contributed by atoms with Gasteiger partial charge in [-0.25, -0.2) is 0 Å². The first-order chi connectivity index (χ1) is 11.6. The first-order valence-corrected chi connectivity index (χ1v) is 10.5. The van der Waals surface area contributed by atoms with E-state index in [0.29, 0.717) is 5.75 Å². The van der Waals surface area contributed by atoms with Crippen molar-refractivity contribution >= 4 is 0 Å². The van der Waals surface area contributed by atoms with E-state index in [-0.39, 0.29) is 0 Å². The summed E-state index contributed by atoms with van der Waals surface area (Å²) in [5.74, 6) is 0.612. The average molecular weight is 333 g/mol. The number of hydrogen-bond acceptors (Lipinski definition) is 1. The number of phenols is 1. The number of benzene rings is 1. The van der Waals surface area contributed by atoms with Crippen LogP contribution in [0.25, 0.3) is 0 Å². The Labute approximate surface area is 150 Å². The summed E-state index contributed by atoms with van der Waals surface area (Å²) < 4.78 is 0. The molecule has 1 N–H and O–H groups in total. The van der Waals surface area contributed by atoms with Crippen LogP contribution in [0.1, 0.15) is 107 Å². The van der Waals surface area contributed by atoms with E-state index in [1.54, 1.807) is 5.56 Å². The van der Waals surface area contributed by atoms with Crippen LogP contribution in [-0.2, 0) is 25.7 Å². The average Bonchev–Trinajstić information content (AvgIpc) is 2.59. The molecule has 1 rings (SSSR count). The molecule has 0 spiro atoms. The molecule has 0 aliphatic heterocycles. The molecule has 0 heterocycles. The molecule has 1 aromatic rings. The van der Waals surface area contributed by atoms with Gasteiger partial charge in [0.05, 0.1) is 0 Å². The lowest BCUT2D eigenvalue weighted by Gasteiger charge is -2.23. The SMILES string of the molecule is CCCCc1c(C)c(O)c(CCCC)c(CCCC)c1CCCC. The largest absolute Gasteiger partial charge is 0.507 e. The molecular weight excluding hydrogens is 292 g/mol. The summed E-state index contributed by atoms with van der Waals surface area (Å²) in [7, 11) is 0. The minimum atomic E-state index is 0.612. The fraction of sp³-hybridized carbons (Fsp3) is 0.739. The van der Waals surface area contributed by atoms with E-state index in [4.69, 9.17) is 0 Å². The molecule has 1 aromatic carbocycles. The highest BCUT2D eigenvalue weighted by molar-refractivity contribution is 5.55. The molecule has 0 saturated carbocycles. The van der Waals surface area contributed by atoms with Crippen LogP contribution in [0.3, 0.4) is 0 Å². The van der Waals surface area contributed by atoms with E-state index in [2.05, 4.69) is 34.6 Å². The van der Waals surface area contributed by atoms with Gasteiger partial charge in [-0.3, -0.25) is 0 Å². The number of unbranched alkanes of at least 4 members (excludes halogenated alkanes) is 4. The first kappa shape index (κ1) is 21.1. The molecule has 0 atom stereocenters. The molecule has 0 aliphatic carbocycles. The maximum atomic E-state index is 10.9. The van der Waals surface area contributed by atoms with Gasteiger partial charge in [0.15, 0.2) is 0 Å². The highest BCUT2D eigenvalue weighted by atomic mass is 16.3. The van der Waals surface area contributed by atoms with Crippen molar-refractivity contribution in [3.8, 4) is 5.75 Å². The van der Waals surface area contributed by atoms with Gasteiger partial charge in [0.2, 0.25) is 0 Å². The second kappa shape index (κ2) is 11.6. The van der Waals surface area contributed by atoms with Gasteiger partial charge in [-0.05, 0) is 86.1 Å². The van der Waals surface area contributed by atoms with Gasteiger partial charge in [-0.15, -0.1) is 0 Å². The van der Waals surface area contributed by atoms with E-state index in [1.807, 2.05) is 0 Å². The monoisotopic (exact) mass is 332 g/mol. The van der Waals surface area contributed by atoms with Gasteiger partial charge in [-0.2, -0.15) is 0 Å². The van der Waals surface area contributed by atoms with Crippen LogP contribution in [0.2, 0.25) is 0 Å². The zero-order valence-corrected chi connectivity index (χ0v) is 16.9. The lowest BCUT2D eigenvalue weighted by atomic mass is 9.83. The van der Waals surface area contributed by atoms with Crippen molar-refractivity contribution in [2.24, 2.45) is 0 Å². The molecule has 0 radical (unpaired) electrons. The first-order valence-electron chi connectivity index (χ1n) is 10.5. The molecule has 0 bridgehead atoms. The molecule has 0 saturated heterocycles. The summed E-state index contributed by atoms with van der Waals surface area (Å²) in [4.78, 5) is 0. The van der Waals surface area contributed by atoms with Gasteiger partial charge >= 0.3 is 0 Å². The van der Waals surface area contributed by atoms with Crippen molar-refractivity contribution in [1.82, 2.24) is 0 Å². The smallest absolute Gasteiger partial charge is 0.122 e. The van der Waals surface area contributed by atoms with Crippen molar-refractivity contribution in [3.05, 3.63) is 27.8 Å². The minimum Gasteiger partial charge on any atom is -0.507 e. The standard InChI is InChI=1S/C23H40O/c1-6-10-14-19-18(5)23(24)22(17-13-9-4)21(16-12-8-3)20(19)15-11-7-2/h24H,6-17H2,1-5H3. The molecule has 0 aromatic heterocycles. The van der Waals surface area contributed by atoms with Crippen LogP contribution < -0.4 is 0 Å². The molecule has 1 nitrogen and oxygen atoms in total. The Kier molecular flexibility index (Phi) is 10.1. The van der Waals surface area contributed by atoms with Gasteiger partial charge in [-0.1, -0.05) is 53.4 Å². The number of rotatable bonds is 12. The minimum absolute atomic E-state index is 0.612. The van der Waals surface area contributed by atoms with Crippen molar-refractivity contribution in [3.63, 3.8) is 0 Å². The third-order valence-electron chi connectivity index (χ3n) is 5.31. The molecule has 138 valence electrons. The van der Waals surface area contributed by atoms with Crippen LogP contribution in [-0.4, -0.2) is 5.11 Å². The molecule has 0 aliphatic rings. The van der Waals surface area contributed by atoms with Gasteiger partial charge in [0.25, 0.3) is 0 Å². The van der Waals surface area contributed by atoms with Gasteiger partial charge < -0.3 is 5.11 Å². The van der Waals surface area contributed by atoms with Crippen LogP contribution in [0.15, 0.2) is 0 Å². The van der Waals surface area contributed by atoms with E-state index in [1.165, 1.54) is 80.0 Å². The Hall–Kier alpha value is -0.980. The summed E-state index contributed by atoms with van der Waals surface area (Å²) in [6.45, 7) is 11.2. The Bertz CT molecular complexity index is 443. The summed E-state index contributed by atoms with van der Waals surface area (Å²) in [5, 5.41) is 10.9. The predicted molar refractivity (Wildman–Crippen MR) is 107 cm³/mol. The lowest BCUT2D eigenvalue weighted by molar-refractivity contribution is 0.459. The normalized spacial score (nSPS) is 11.2. The summed E-state index contributed by atoms with van der Waals surface area (Å²) >= 11 is 0. The van der Waals surface area contributed by atoms with Gasteiger partial charge in [0, 0.05) is 0 Å². The van der Waals surface area contributed by atoms with E-state index < -0.39 is 0 Å². The lowest BCUT2D eigenvalue weighted by Crippen LogP contribution is -2.09. The Balaban J connectivity index is 3.43. The maximum absolute atomic E-state index is 10.9. The number of hydrogen-bond donors (Lipinski definition) is 1. The van der Waals surface area contributed by atoms with Crippen LogP contribution in [0, 0.1) is 6.92 Å². The van der Waals surface area contributed by atoms with Crippen molar-refractivity contribution in [1.29, 1.82) is 0 Å². The quantitative estimate of drug-likeness (QED) is 0.434. The summed E-state index contributed by atoms with van der Waals surface area (Å²) in [6, 6.07) is 0. The van der Waals surface area contributed by atoms with Crippen LogP contribution >= 0.6 is 0 Å². The van der Waals surface area contributed by atoms with Crippen molar-refractivity contribution in [2.75, 3.05) is 0 Å². The maximum Gasteiger partial charge on any atom is 0.122 e. The summed E-state index contributed by atoms with van der Waals surface area (Å²) in [6.07, 6.45) is 14.2. The second-order valence-corrected chi connectivity index (χ2v) is 7.30. The highest BCUT2D eigenvalue weighted by Crippen LogP contribution is 2.36. The van der Waals surface area contributed by atoms with Crippen molar-refractivity contribution in [2.45, 2.75) is 112 Å². The zero-order valence-electron chi connectivity index (χ0n) is 16.9. The third-order valence-corrected chi connectivity index (χ3v) is 5.31. The zero-order chi connectivity index (χ0) is 17.9. The molecule has 0 amide bonds. The topological polar surface area (TPSA) is 20.2 Å². The Morgan fingerprint density at radius 3 is 1.29 bits per heavy atom. The van der Waals surface area contributed by atoms with Gasteiger partial charge in [0.1, 0.15) is 5.75 Å². The van der Waals surface area contributed by atoms with E-state index in [0.717, 1.165) is 19.3 Å². The summed E-state index contributed by atoms with van der Waals surface area (Å²) in [5.41, 5.74) is 7.01. The molecule has 24 heavy (non-hydrogen) atoms. The number of aromatic hydroxyl groups is 1. The van der Waals surface area contributed by atoms with Crippen LogP contribution in [0.4, 0.5) is 0 Å². The Morgan fingerprint density at radius 1 is 0.542 bits per heavy atom. The molecule has 0 fully saturated rings. The molecule has 1 heteroatoms. The Morgan fingerprint density at radius 2 is 0.875 bits per heavy atom. The van der Waals surface area contributed by atoms with E-state index in [9.17, 15) is 5.11 Å². The molecular formula is C23H40O.